The van der Waals surface area contributed by atoms with Gasteiger partial charge in [0.1, 0.15) is 5.82 Å². The SMILES string of the molecule is CC(CCl)CNCc1ccc(Br)cc1F. The van der Waals surface area contributed by atoms with Crippen LogP contribution in [0, 0.1) is 11.7 Å². The lowest BCUT2D eigenvalue weighted by atomic mass is 10.2. The molecule has 0 amide bonds. The molecular weight excluding hydrogens is 280 g/mol. The predicted molar refractivity (Wildman–Crippen MR) is 65.7 cm³/mol. The first-order valence-corrected chi connectivity index (χ1v) is 6.17. The first-order chi connectivity index (χ1) is 7.13. The molecule has 15 heavy (non-hydrogen) atoms. The molecule has 0 bridgehead atoms. The maximum atomic E-state index is 13.4. The van der Waals surface area contributed by atoms with Crippen molar-refractivity contribution >= 4 is 27.5 Å². The highest BCUT2D eigenvalue weighted by atomic mass is 79.9. The Hall–Kier alpha value is -0.120. The van der Waals surface area contributed by atoms with Crippen LogP contribution in [0.1, 0.15) is 12.5 Å². The molecule has 0 heterocycles. The van der Waals surface area contributed by atoms with Gasteiger partial charge in [0.15, 0.2) is 0 Å². The van der Waals surface area contributed by atoms with Gasteiger partial charge in [-0.1, -0.05) is 28.9 Å². The van der Waals surface area contributed by atoms with E-state index in [-0.39, 0.29) is 5.82 Å². The third-order valence-corrected chi connectivity index (χ3v) is 3.11. The number of nitrogens with one attached hydrogen (secondary N) is 1. The molecule has 1 aromatic rings. The minimum absolute atomic E-state index is 0.185. The molecule has 0 aromatic heterocycles. The van der Waals surface area contributed by atoms with E-state index in [0.717, 1.165) is 11.0 Å². The minimum Gasteiger partial charge on any atom is -0.312 e. The summed E-state index contributed by atoms with van der Waals surface area (Å²) in [5.74, 6) is 0.844. The molecule has 1 rings (SSSR count). The largest absolute Gasteiger partial charge is 0.312 e. The van der Waals surface area contributed by atoms with Gasteiger partial charge in [-0.05, 0) is 24.6 Å². The normalized spacial score (nSPS) is 12.8. The summed E-state index contributed by atoms with van der Waals surface area (Å²) in [6.07, 6.45) is 0. The molecule has 1 N–H and O–H groups in total. The van der Waals surface area contributed by atoms with E-state index in [9.17, 15) is 4.39 Å². The molecule has 0 aliphatic carbocycles. The topological polar surface area (TPSA) is 12.0 Å². The summed E-state index contributed by atoms with van der Waals surface area (Å²) in [7, 11) is 0. The third kappa shape index (κ3) is 4.49. The molecule has 0 aliphatic rings. The van der Waals surface area contributed by atoms with Gasteiger partial charge in [-0.25, -0.2) is 4.39 Å². The molecule has 1 aromatic carbocycles. The zero-order valence-electron chi connectivity index (χ0n) is 8.56. The van der Waals surface area contributed by atoms with E-state index in [2.05, 4.69) is 28.2 Å². The third-order valence-electron chi connectivity index (χ3n) is 2.09. The van der Waals surface area contributed by atoms with Crippen molar-refractivity contribution in [2.45, 2.75) is 13.5 Å². The second-order valence-electron chi connectivity index (χ2n) is 3.63. The Kier molecular flexibility index (Phi) is 5.58. The standard InChI is InChI=1S/C11H14BrClFN/c1-8(5-13)6-15-7-9-2-3-10(12)4-11(9)14/h2-4,8,15H,5-7H2,1H3. The smallest absolute Gasteiger partial charge is 0.128 e. The number of halogens is 3. The van der Waals surface area contributed by atoms with Gasteiger partial charge in [0.05, 0.1) is 0 Å². The van der Waals surface area contributed by atoms with Crippen molar-refractivity contribution < 1.29 is 4.39 Å². The summed E-state index contributed by atoms with van der Waals surface area (Å²) >= 11 is 8.89. The average Bonchev–Trinajstić information content (AvgIpc) is 2.21. The van der Waals surface area contributed by atoms with E-state index in [4.69, 9.17) is 11.6 Å². The fourth-order valence-corrected chi connectivity index (χ4v) is 1.62. The lowest BCUT2D eigenvalue weighted by molar-refractivity contribution is 0.538. The fraction of sp³-hybridized carbons (Fsp3) is 0.455. The number of hydrogen-bond donors (Lipinski definition) is 1. The lowest BCUT2D eigenvalue weighted by Gasteiger charge is -2.09. The Bertz CT molecular complexity index is 319. The maximum absolute atomic E-state index is 13.4. The van der Waals surface area contributed by atoms with Crippen LogP contribution in [0.15, 0.2) is 22.7 Å². The van der Waals surface area contributed by atoms with Crippen LogP contribution in [0.4, 0.5) is 4.39 Å². The van der Waals surface area contributed by atoms with Crippen LogP contribution in [0.5, 0.6) is 0 Å². The second-order valence-corrected chi connectivity index (χ2v) is 4.85. The molecular formula is C11H14BrClFN. The molecule has 1 atom stereocenters. The highest BCUT2D eigenvalue weighted by Gasteiger charge is 2.03. The van der Waals surface area contributed by atoms with E-state index in [0.29, 0.717) is 23.9 Å². The van der Waals surface area contributed by atoms with Gasteiger partial charge in [0.25, 0.3) is 0 Å². The molecule has 1 unspecified atom stereocenters. The van der Waals surface area contributed by atoms with Gasteiger partial charge in [-0.2, -0.15) is 0 Å². The second kappa shape index (κ2) is 6.46. The summed E-state index contributed by atoms with van der Waals surface area (Å²) in [5, 5.41) is 3.17. The Morgan fingerprint density at radius 2 is 2.27 bits per heavy atom. The van der Waals surface area contributed by atoms with Gasteiger partial charge in [0, 0.05) is 22.5 Å². The minimum atomic E-state index is -0.185. The maximum Gasteiger partial charge on any atom is 0.128 e. The van der Waals surface area contributed by atoms with Crippen molar-refractivity contribution in [3.8, 4) is 0 Å². The molecule has 0 fully saturated rings. The first kappa shape index (κ1) is 12.9. The van der Waals surface area contributed by atoms with Crippen LogP contribution in [0.25, 0.3) is 0 Å². The summed E-state index contributed by atoms with van der Waals surface area (Å²) in [4.78, 5) is 0. The zero-order valence-corrected chi connectivity index (χ0v) is 10.9. The van der Waals surface area contributed by atoms with Crippen molar-refractivity contribution in [1.82, 2.24) is 5.32 Å². The van der Waals surface area contributed by atoms with Crippen molar-refractivity contribution in [1.29, 1.82) is 0 Å². The summed E-state index contributed by atoms with van der Waals surface area (Å²) in [6.45, 7) is 3.40. The molecule has 0 saturated heterocycles. The van der Waals surface area contributed by atoms with E-state index in [1.807, 2.05) is 6.07 Å². The van der Waals surface area contributed by atoms with E-state index >= 15 is 0 Å². The van der Waals surface area contributed by atoms with Gasteiger partial charge in [-0.3, -0.25) is 0 Å². The van der Waals surface area contributed by atoms with Gasteiger partial charge >= 0.3 is 0 Å². The van der Waals surface area contributed by atoms with Crippen molar-refractivity contribution in [3.63, 3.8) is 0 Å². The van der Waals surface area contributed by atoms with Crippen LogP contribution in [0.2, 0.25) is 0 Å². The molecule has 0 radical (unpaired) electrons. The van der Waals surface area contributed by atoms with Gasteiger partial charge < -0.3 is 5.32 Å². The van der Waals surface area contributed by atoms with E-state index < -0.39 is 0 Å². The molecule has 0 aliphatic heterocycles. The Labute approximate surface area is 103 Å². The highest BCUT2D eigenvalue weighted by Crippen LogP contribution is 2.15. The average molecular weight is 295 g/mol. The Morgan fingerprint density at radius 1 is 1.53 bits per heavy atom. The molecule has 0 saturated carbocycles. The molecule has 84 valence electrons. The summed E-state index contributed by atoms with van der Waals surface area (Å²) in [5.41, 5.74) is 0.681. The number of alkyl halides is 1. The summed E-state index contributed by atoms with van der Waals surface area (Å²) < 4.78 is 14.1. The highest BCUT2D eigenvalue weighted by molar-refractivity contribution is 9.10. The molecule has 0 spiro atoms. The lowest BCUT2D eigenvalue weighted by Crippen LogP contribution is -2.22. The number of hydrogen-bond acceptors (Lipinski definition) is 1. The quantitative estimate of drug-likeness (QED) is 0.819. The fourth-order valence-electron chi connectivity index (χ4n) is 1.17. The number of rotatable bonds is 5. The van der Waals surface area contributed by atoms with Crippen LogP contribution in [-0.2, 0) is 6.54 Å². The van der Waals surface area contributed by atoms with Crippen LogP contribution in [0.3, 0.4) is 0 Å². The van der Waals surface area contributed by atoms with Gasteiger partial charge in [-0.15, -0.1) is 11.6 Å². The van der Waals surface area contributed by atoms with Crippen molar-refractivity contribution in [3.05, 3.63) is 34.1 Å². The van der Waals surface area contributed by atoms with Crippen LogP contribution in [-0.4, -0.2) is 12.4 Å². The van der Waals surface area contributed by atoms with Crippen LogP contribution < -0.4 is 5.32 Å². The monoisotopic (exact) mass is 293 g/mol. The predicted octanol–water partition coefficient (Wildman–Crippen LogP) is 3.55. The molecule has 1 nitrogen and oxygen atoms in total. The number of benzene rings is 1. The van der Waals surface area contributed by atoms with Crippen molar-refractivity contribution in [2.75, 3.05) is 12.4 Å². The molecule has 4 heteroatoms. The summed E-state index contributed by atoms with van der Waals surface area (Å²) in [6, 6.07) is 5.09. The first-order valence-electron chi connectivity index (χ1n) is 4.84. The van der Waals surface area contributed by atoms with E-state index in [1.165, 1.54) is 6.07 Å². The zero-order chi connectivity index (χ0) is 11.3. The van der Waals surface area contributed by atoms with Crippen LogP contribution >= 0.6 is 27.5 Å². The van der Waals surface area contributed by atoms with E-state index in [1.54, 1.807) is 6.07 Å². The van der Waals surface area contributed by atoms with Gasteiger partial charge in [0.2, 0.25) is 0 Å². The van der Waals surface area contributed by atoms with Crippen molar-refractivity contribution in [2.24, 2.45) is 5.92 Å². The Morgan fingerprint density at radius 3 is 2.87 bits per heavy atom. The Balaban J connectivity index is 2.44.